The van der Waals surface area contributed by atoms with Gasteiger partial charge in [-0.05, 0) is 30.2 Å². The number of carbonyl (C=O) groups is 1. The highest BCUT2D eigenvalue weighted by Gasteiger charge is 2.11. The Labute approximate surface area is 107 Å². The molecular formula is C15H17NO2. The van der Waals surface area contributed by atoms with Gasteiger partial charge in [-0.3, -0.25) is 9.78 Å². The van der Waals surface area contributed by atoms with Gasteiger partial charge in [-0.1, -0.05) is 13.0 Å². The van der Waals surface area contributed by atoms with E-state index in [1.54, 1.807) is 13.3 Å². The van der Waals surface area contributed by atoms with Crippen molar-refractivity contribution >= 4 is 16.7 Å². The molecule has 0 radical (unpaired) electrons. The van der Waals surface area contributed by atoms with Crippen LogP contribution in [0.2, 0.25) is 0 Å². The smallest absolute Gasteiger partial charge is 0.163 e. The second-order valence-corrected chi connectivity index (χ2v) is 4.60. The van der Waals surface area contributed by atoms with Gasteiger partial charge in [-0.15, -0.1) is 0 Å². The van der Waals surface area contributed by atoms with E-state index in [-0.39, 0.29) is 11.7 Å². The summed E-state index contributed by atoms with van der Waals surface area (Å²) in [4.78, 5) is 16.3. The predicted octanol–water partition coefficient (Wildman–Crippen LogP) is 3.09. The highest BCUT2D eigenvalue weighted by Crippen LogP contribution is 2.16. The molecule has 1 atom stereocenters. The maximum Gasteiger partial charge on any atom is 0.163 e. The molecule has 0 saturated heterocycles. The number of benzene rings is 1. The molecule has 0 amide bonds. The van der Waals surface area contributed by atoms with Crippen molar-refractivity contribution in [2.45, 2.75) is 13.3 Å². The quantitative estimate of drug-likeness (QED) is 0.757. The Bertz CT molecular complexity index is 551. The lowest BCUT2D eigenvalue weighted by molar-refractivity contribution is 0.0920. The Hall–Kier alpha value is -1.74. The molecule has 1 aromatic heterocycles. The van der Waals surface area contributed by atoms with Crippen LogP contribution in [0.1, 0.15) is 23.7 Å². The standard InChI is InChI=1S/C15H17NO2/c1-11(10-18-2)8-15(17)13-5-6-14-12(9-13)4-3-7-16-14/h3-7,9,11H,8,10H2,1-2H3. The van der Waals surface area contributed by atoms with Crippen molar-refractivity contribution in [3.63, 3.8) is 0 Å². The Morgan fingerprint density at radius 2 is 2.22 bits per heavy atom. The van der Waals surface area contributed by atoms with E-state index in [2.05, 4.69) is 4.98 Å². The van der Waals surface area contributed by atoms with Gasteiger partial charge < -0.3 is 4.74 Å². The lowest BCUT2D eigenvalue weighted by atomic mass is 9.99. The third-order valence-corrected chi connectivity index (χ3v) is 2.91. The van der Waals surface area contributed by atoms with Crippen molar-refractivity contribution in [3.05, 3.63) is 42.1 Å². The van der Waals surface area contributed by atoms with Crippen LogP contribution in [0.25, 0.3) is 10.9 Å². The third kappa shape index (κ3) is 2.93. The minimum atomic E-state index is 0.158. The summed E-state index contributed by atoms with van der Waals surface area (Å²) in [5, 5.41) is 1.00. The molecular weight excluding hydrogens is 226 g/mol. The van der Waals surface area contributed by atoms with Gasteiger partial charge in [0.2, 0.25) is 0 Å². The molecule has 1 aromatic carbocycles. The molecule has 0 fully saturated rings. The Kier molecular flexibility index (Phi) is 4.05. The Balaban J connectivity index is 2.17. The molecule has 0 bridgehead atoms. The van der Waals surface area contributed by atoms with Crippen molar-refractivity contribution in [2.24, 2.45) is 5.92 Å². The molecule has 0 spiro atoms. The number of carbonyl (C=O) groups excluding carboxylic acids is 1. The lowest BCUT2D eigenvalue weighted by Gasteiger charge is -2.09. The zero-order valence-corrected chi connectivity index (χ0v) is 10.7. The van der Waals surface area contributed by atoms with Gasteiger partial charge >= 0.3 is 0 Å². The summed E-state index contributed by atoms with van der Waals surface area (Å²) < 4.78 is 5.05. The number of ketones is 1. The number of hydrogen-bond donors (Lipinski definition) is 0. The molecule has 0 N–H and O–H groups in total. The Morgan fingerprint density at radius 3 is 3.00 bits per heavy atom. The molecule has 2 aromatic rings. The molecule has 3 nitrogen and oxygen atoms in total. The maximum absolute atomic E-state index is 12.1. The summed E-state index contributed by atoms with van der Waals surface area (Å²) >= 11 is 0. The fraction of sp³-hybridized carbons (Fsp3) is 0.333. The maximum atomic E-state index is 12.1. The zero-order valence-electron chi connectivity index (χ0n) is 10.7. The van der Waals surface area contributed by atoms with E-state index in [1.807, 2.05) is 37.3 Å². The van der Waals surface area contributed by atoms with Crippen molar-refractivity contribution in [2.75, 3.05) is 13.7 Å². The molecule has 2 rings (SSSR count). The van der Waals surface area contributed by atoms with Gasteiger partial charge in [0, 0.05) is 37.3 Å². The van der Waals surface area contributed by atoms with E-state index in [1.165, 1.54) is 0 Å². The van der Waals surface area contributed by atoms with Crippen LogP contribution < -0.4 is 0 Å². The number of aromatic nitrogens is 1. The normalized spacial score (nSPS) is 12.6. The number of nitrogens with zero attached hydrogens (tertiary/aromatic N) is 1. The van der Waals surface area contributed by atoms with Crippen LogP contribution in [-0.2, 0) is 4.74 Å². The average molecular weight is 243 g/mol. The largest absolute Gasteiger partial charge is 0.384 e. The Morgan fingerprint density at radius 1 is 1.39 bits per heavy atom. The number of Topliss-reactive ketones (excluding diaryl/α,β-unsaturated/α-hetero) is 1. The summed E-state index contributed by atoms with van der Waals surface area (Å²) in [6.07, 6.45) is 2.27. The minimum Gasteiger partial charge on any atom is -0.384 e. The highest BCUT2D eigenvalue weighted by atomic mass is 16.5. The van der Waals surface area contributed by atoms with E-state index in [4.69, 9.17) is 4.74 Å². The molecule has 0 aliphatic carbocycles. The van der Waals surface area contributed by atoms with Crippen molar-refractivity contribution in [3.8, 4) is 0 Å². The van der Waals surface area contributed by atoms with Crippen LogP contribution in [0.3, 0.4) is 0 Å². The molecule has 1 heterocycles. The molecule has 0 aliphatic rings. The van der Waals surface area contributed by atoms with Gasteiger partial charge in [0.1, 0.15) is 0 Å². The van der Waals surface area contributed by atoms with E-state index >= 15 is 0 Å². The van der Waals surface area contributed by atoms with Crippen LogP contribution in [0.15, 0.2) is 36.5 Å². The third-order valence-electron chi connectivity index (χ3n) is 2.91. The van der Waals surface area contributed by atoms with Crippen LogP contribution in [0, 0.1) is 5.92 Å². The first-order valence-electron chi connectivity index (χ1n) is 6.07. The first kappa shape index (κ1) is 12.7. The molecule has 0 aliphatic heterocycles. The van der Waals surface area contributed by atoms with Gasteiger partial charge in [0.05, 0.1) is 5.52 Å². The van der Waals surface area contributed by atoms with E-state index in [0.29, 0.717) is 13.0 Å². The molecule has 0 saturated carbocycles. The highest BCUT2D eigenvalue weighted by molar-refractivity contribution is 5.99. The number of methoxy groups -OCH3 is 1. The van der Waals surface area contributed by atoms with Gasteiger partial charge in [0.25, 0.3) is 0 Å². The van der Waals surface area contributed by atoms with Crippen LogP contribution >= 0.6 is 0 Å². The lowest BCUT2D eigenvalue weighted by Crippen LogP contribution is -2.10. The van der Waals surface area contributed by atoms with Gasteiger partial charge in [-0.25, -0.2) is 0 Å². The second kappa shape index (κ2) is 5.74. The topological polar surface area (TPSA) is 39.2 Å². The van der Waals surface area contributed by atoms with E-state index in [0.717, 1.165) is 16.5 Å². The number of pyridine rings is 1. The fourth-order valence-electron chi connectivity index (χ4n) is 2.03. The van der Waals surface area contributed by atoms with Crippen LogP contribution in [0.5, 0.6) is 0 Å². The number of rotatable bonds is 5. The molecule has 94 valence electrons. The van der Waals surface area contributed by atoms with Crippen molar-refractivity contribution in [1.29, 1.82) is 0 Å². The van der Waals surface area contributed by atoms with Crippen LogP contribution in [-0.4, -0.2) is 24.5 Å². The first-order valence-corrected chi connectivity index (χ1v) is 6.07. The SMILES string of the molecule is COCC(C)CC(=O)c1ccc2ncccc2c1. The van der Waals surface area contributed by atoms with Crippen LogP contribution in [0.4, 0.5) is 0 Å². The summed E-state index contributed by atoms with van der Waals surface area (Å²) in [6.45, 7) is 2.63. The minimum absolute atomic E-state index is 0.158. The monoisotopic (exact) mass is 243 g/mol. The first-order chi connectivity index (χ1) is 8.70. The van der Waals surface area contributed by atoms with Gasteiger partial charge in [0.15, 0.2) is 5.78 Å². The van der Waals surface area contributed by atoms with Crippen molar-refractivity contribution in [1.82, 2.24) is 4.98 Å². The fourth-order valence-corrected chi connectivity index (χ4v) is 2.03. The number of ether oxygens (including phenoxy) is 1. The summed E-state index contributed by atoms with van der Waals surface area (Å²) in [6, 6.07) is 9.49. The molecule has 3 heteroatoms. The average Bonchev–Trinajstić information content (AvgIpc) is 2.38. The zero-order chi connectivity index (χ0) is 13.0. The number of hydrogen-bond acceptors (Lipinski definition) is 3. The van der Waals surface area contributed by atoms with E-state index in [9.17, 15) is 4.79 Å². The summed E-state index contributed by atoms with van der Waals surface area (Å²) in [7, 11) is 1.66. The van der Waals surface area contributed by atoms with Crippen molar-refractivity contribution < 1.29 is 9.53 Å². The summed E-state index contributed by atoms with van der Waals surface area (Å²) in [5.74, 6) is 0.400. The number of fused-ring (bicyclic) bond motifs is 1. The molecule has 1 unspecified atom stereocenters. The predicted molar refractivity (Wildman–Crippen MR) is 71.7 cm³/mol. The van der Waals surface area contributed by atoms with Gasteiger partial charge in [-0.2, -0.15) is 0 Å². The summed E-state index contributed by atoms with van der Waals surface area (Å²) in [5.41, 5.74) is 1.66. The second-order valence-electron chi connectivity index (χ2n) is 4.60. The van der Waals surface area contributed by atoms with E-state index < -0.39 is 0 Å². The molecule has 18 heavy (non-hydrogen) atoms.